The SMILES string of the molecule is Cc1ccc(NC(=O)c2cccc(C(=O)NCc3ccncc3)c2)cc1C. The first-order valence-electron chi connectivity index (χ1n) is 8.69. The maximum absolute atomic E-state index is 12.5. The Morgan fingerprint density at radius 1 is 0.852 bits per heavy atom. The molecule has 0 atom stereocenters. The van der Waals surface area contributed by atoms with Crippen molar-refractivity contribution in [2.75, 3.05) is 5.32 Å². The predicted octanol–water partition coefficient (Wildman–Crippen LogP) is 3.88. The van der Waals surface area contributed by atoms with Crippen molar-refractivity contribution in [1.82, 2.24) is 10.3 Å². The molecule has 0 unspecified atom stereocenters. The lowest BCUT2D eigenvalue weighted by atomic mass is 10.1. The smallest absolute Gasteiger partial charge is 0.255 e. The number of pyridine rings is 1. The van der Waals surface area contributed by atoms with Crippen LogP contribution in [0.5, 0.6) is 0 Å². The van der Waals surface area contributed by atoms with E-state index in [1.165, 1.54) is 5.56 Å². The summed E-state index contributed by atoms with van der Waals surface area (Å²) in [6.45, 7) is 4.42. The van der Waals surface area contributed by atoms with Gasteiger partial charge in [-0.1, -0.05) is 12.1 Å². The molecule has 0 saturated carbocycles. The maximum atomic E-state index is 12.5. The number of hydrogen-bond donors (Lipinski definition) is 2. The fourth-order valence-electron chi connectivity index (χ4n) is 2.61. The zero-order chi connectivity index (χ0) is 19.2. The molecule has 0 aliphatic rings. The van der Waals surface area contributed by atoms with E-state index in [0.29, 0.717) is 17.7 Å². The van der Waals surface area contributed by atoms with Gasteiger partial charge in [-0.05, 0) is 73.0 Å². The number of nitrogens with one attached hydrogen (secondary N) is 2. The molecule has 2 N–H and O–H groups in total. The second-order valence-electron chi connectivity index (χ2n) is 6.37. The van der Waals surface area contributed by atoms with Gasteiger partial charge in [0.05, 0.1) is 0 Å². The van der Waals surface area contributed by atoms with Gasteiger partial charge in [-0.25, -0.2) is 0 Å². The van der Waals surface area contributed by atoms with Crippen molar-refractivity contribution in [2.24, 2.45) is 0 Å². The number of carbonyl (C=O) groups is 2. The van der Waals surface area contributed by atoms with Crippen molar-refractivity contribution in [2.45, 2.75) is 20.4 Å². The highest BCUT2D eigenvalue weighted by atomic mass is 16.2. The molecular weight excluding hydrogens is 338 g/mol. The molecule has 0 saturated heterocycles. The first kappa shape index (κ1) is 18.3. The van der Waals surface area contributed by atoms with Gasteiger partial charge in [-0.2, -0.15) is 0 Å². The number of hydrogen-bond acceptors (Lipinski definition) is 3. The number of rotatable bonds is 5. The number of anilines is 1. The van der Waals surface area contributed by atoms with E-state index in [-0.39, 0.29) is 11.8 Å². The number of nitrogens with zero attached hydrogens (tertiary/aromatic N) is 1. The average Bonchev–Trinajstić information content (AvgIpc) is 2.70. The minimum Gasteiger partial charge on any atom is -0.348 e. The molecule has 5 nitrogen and oxygen atoms in total. The van der Waals surface area contributed by atoms with Gasteiger partial charge in [0, 0.05) is 35.8 Å². The van der Waals surface area contributed by atoms with Crippen molar-refractivity contribution in [3.63, 3.8) is 0 Å². The van der Waals surface area contributed by atoms with Crippen LogP contribution in [0.15, 0.2) is 67.0 Å². The maximum Gasteiger partial charge on any atom is 0.255 e. The van der Waals surface area contributed by atoms with Crippen LogP contribution in [0.2, 0.25) is 0 Å². The van der Waals surface area contributed by atoms with Crippen molar-refractivity contribution >= 4 is 17.5 Å². The van der Waals surface area contributed by atoms with Crippen molar-refractivity contribution in [3.8, 4) is 0 Å². The van der Waals surface area contributed by atoms with Gasteiger partial charge in [0.15, 0.2) is 0 Å². The van der Waals surface area contributed by atoms with Crippen LogP contribution in [0.3, 0.4) is 0 Å². The van der Waals surface area contributed by atoms with E-state index < -0.39 is 0 Å². The molecule has 0 aliphatic carbocycles. The topological polar surface area (TPSA) is 71.1 Å². The summed E-state index contributed by atoms with van der Waals surface area (Å²) < 4.78 is 0. The van der Waals surface area contributed by atoms with Gasteiger partial charge in [-0.15, -0.1) is 0 Å². The van der Waals surface area contributed by atoms with Gasteiger partial charge >= 0.3 is 0 Å². The Morgan fingerprint density at radius 2 is 1.56 bits per heavy atom. The predicted molar refractivity (Wildman–Crippen MR) is 106 cm³/mol. The van der Waals surface area contributed by atoms with Crippen molar-refractivity contribution in [1.29, 1.82) is 0 Å². The summed E-state index contributed by atoms with van der Waals surface area (Å²) in [4.78, 5) is 28.8. The van der Waals surface area contributed by atoms with Crippen LogP contribution < -0.4 is 10.6 Å². The Kier molecular flexibility index (Phi) is 5.61. The van der Waals surface area contributed by atoms with Gasteiger partial charge in [0.1, 0.15) is 0 Å². The molecule has 136 valence electrons. The lowest BCUT2D eigenvalue weighted by Gasteiger charge is -2.09. The summed E-state index contributed by atoms with van der Waals surface area (Å²) in [5, 5.41) is 5.72. The Hall–Kier alpha value is -3.47. The van der Waals surface area contributed by atoms with E-state index in [2.05, 4.69) is 15.6 Å². The Morgan fingerprint density at radius 3 is 2.26 bits per heavy atom. The zero-order valence-corrected chi connectivity index (χ0v) is 15.3. The highest BCUT2D eigenvalue weighted by Gasteiger charge is 2.11. The highest BCUT2D eigenvalue weighted by molar-refractivity contribution is 6.06. The summed E-state index contributed by atoms with van der Waals surface area (Å²) in [5.41, 5.74) is 4.84. The molecule has 3 aromatic rings. The summed E-state index contributed by atoms with van der Waals surface area (Å²) >= 11 is 0. The van der Waals surface area contributed by atoms with Crippen molar-refractivity contribution < 1.29 is 9.59 Å². The fraction of sp³-hybridized carbons (Fsp3) is 0.136. The molecule has 0 fully saturated rings. The first-order valence-corrected chi connectivity index (χ1v) is 8.69. The number of aryl methyl sites for hydroxylation is 2. The summed E-state index contributed by atoms with van der Waals surface area (Å²) in [7, 11) is 0. The lowest BCUT2D eigenvalue weighted by molar-refractivity contribution is 0.0951. The molecule has 5 heteroatoms. The van der Waals surface area contributed by atoms with Crippen LogP contribution in [0, 0.1) is 13.8 Å². The number of aromatic nitrogens is 1. The standard InChI is InChI=1S/C22H21N3O2/c1-15-6-7-20(12-16(15)2)25-22(27)19-5-3-4-18(13-19)21(26)24-14-17-8-10-23-11-9-17/h3-13H,14H2,1-2H3,(H,24,26)(H,25,27). The van der Waals surface area contributed by atoms with Gasteiger partial charge < -0.3 is 10.6 Å². The molecule has 3 rings (SSSR count). The van der Waals surface area contributed by atoms with Crippen LogP contribution >= 0.6 is 0 Å². The molecule has 27 heavy (non-hydrogen) atoms. The second-order valence-corrected chi connectivity index (χ2v) is 6.37. The highest BCUT2D eigenvalue weighted by Crippen LogP contribution is 2.16. The average molecular weight is 359 g/mol. The Labute approximate surface area is 158 Å². The summed E-state index contributed by atoms with van der Waals surface area (Å²) in [6, 6.07) is 16.1. The summed E-state index contributed by atoms with van der Waals surface area (Å²) in [5.74, 6) is -0.477. The van der Waals surface area contributed by atoms with E-state index in [0.717, 1.165) is 16.8 Å². The molecule has 2 aromatic carbocycles. The molecule has 0 bridgehead atoms. The molecule has 1 aromatic heterocycles. The quantitative estimate of drug-likeness (QED) is 0.726. The fourth-order valence-corrected chi connectivity index (χ4v) is 2.61. The molecule has 1 heterocycles. The normalized spacial score (nSPS) is 10.3. The lowest BCUT2D eigenvalue weighted by Crippen LogP contribution is -2.23. The van der Waals surface area contributed by atoms with Crippen molar-refractivity contribution in [3.05, 3.63) is 94.8 Å². The van der Waals surface area contributed by atoms with E-state index in [1.807, 2.05) is 44.2 Å². The van der Waals surface area contributed by atoms with E-state index >= 15 is 0 Å². The molecule has 0 spiro atoms. The third-order valence-electron chi connectivity index (χ3n) is 4.35. The second kappa shape index (κ2) is 8.27. The first-order chi connectivity index (χ1) is 13.0. The largest absolute Gasteiger partial charge is 0.348 e. The van der Waals surface area contributed by atoms with E-state index in [4.69, 9.17) is 0 Å². The van der Waals surface area contributed by atoms with Gasteiger partial charge in [0.2, 0.25) is 0 Å². The number of amides is 2. The number of carbonyl (C=O) groups excluding carboxylic acids is 2. The Bertz CT molecular complexity index is 968. The molecule has 2 amide bonds. The van der Waals surface area contributed by atoms with Gasteiger partial charge in [-0.3, -0.25) is 14.6 Å². The minimum atomic E-state index is -0.248. The van der Waals surface area contributed by atoms with E-state index in [1.54, 1.807) is 36.7 Å². The van der Waals surface area contributed by atoms with E-state index in [9.17, 15) is 9.59 Å². The summed E-state index contributed by atoms with van der Waals surface area (Å²) in [6.07, 6.45) is 3.36. The Balaban J connectivity index is 1.67. The third-order valence-corrected chi connectivity index (χ3v) is 4.35. The molecular formula is C22H21N3O2. The van der Waals surface area contributed by atoms with Crippen LogP contribution in [0.1, 0.15) is 37.4 Å². The van der Waals surface area contributed by atoms with Crippen LogP contribution in [-0.2, 0) is 6.54 Å². The third kappa shape index (κ3) is 4.79. The van der Waals surface area contributed by atoms with Crippen LogP contribution in [0.4, 0.5) is 5.69 Å². The van der Waals surface area contributed by atoms with Gasteiger partial charge in [0.25, 0.3) is 11.8 Å². The monoisotopic (exact) mass is 359 g/mol. The molecule has 0 radical (unpaired) electrons. The minimum absolute atomic E-state index is 0.229. The van der Waals surface area contributed by atoms with Crippen LogP contribution in [-0.4, -0.2) is 16.8 Å². The van der Waals surface area contributed by atoms with Crippen LogP contribution in [0.25, 0.3) is 0 Å². The molecule has 0 aliphatic heterocycles. The number of benzene rings is 2. The zero-order valence-electron chi connectivity index (χ0n) is 15.3.